The Balaban J connectivity index is 1.07. The first-order valence-corrected chi connectivity index (χ1v) is 19.4. The van der Waals surface area contributed by atoms with Gasteiger partial charge in [-0.2, -0.15) is 0 Å². The van der Waals surface area contributed by atoms with E-state index in [1.54, 1.807) is 0 Å². The van der Waals surface area contributed by atoms with Crippen molar-refractivity contribution in [2.24, 2.45) is 0 Å². The third-order valence-corrected chi connectivity index (χ3v) is 11.9. The number of nitrogens with zero attached hydrogens (tertiary/aromatic N) is 1. The highest BCUT2D eigenvalue weighted by Crippen LogP contribution is 2.57. The van der Waals surface area contributed by atoms with Gasteiger partial charge in [-0.25, -0.2) is 0 Å². The van der Waals surface area contributed by atoms with E-state index in [-0.39, 0.29) is 0 Å². The van der Waals surface area contributed by atoms with Crippen LogP contribution in [-0.2, 0) is 5.41 Å². The first-order chi connectivity index (χ1) is 27.8. The van der Waals surface area contributed by atoms with Gasteiger partial charge < -0.3 is 4.90 Å². The maximum absolute atomic E-state index is 2.44. The minimum Gasteiger partial charge on any atom is -0.310 e. The van der Waals surface area contributed by atoms with Gasteiger partial charge in [-0.05, 0) is 119 Å². The van der Waals surface area contributed by atoms with Crippen molar-refractivity contribution in [1.29, 1.82) is 0 Å². The van der Waals surface area contributed by atoms with Gasteiger partial charge in [-0.15, -0.1) is 0 Å². The van der Waals surface area contributed by atoms with Crippen molar-refractivity contribution in [3.05, 3.63) is 247 Å². The van der Waals surface area contributed by atoms with Crippen LogP contribution in [0.3, 0.4) is 0 Å². The van der Waals surface area contributed by atoms with Gasteiger partial charge in [-0.3, -0.25) is 0 Å². The average Bonchev–Trinajstić information content (AvgIpc) is 3.58. The molecule has 1 aliphatic rings. The second-order valence-corrected chi connectivity index (χ2v) is 14.8. The van der Waals surface area contributed by atoms with Crippen LogP contribution in [-0.4, -0.2) is 0 Å². The van der Waals surface area contributed by atoms with E-state index < -0.39 is 5.41 Å². The molecule has 0 aliphatic heterocycles. The summed E-state index contributed by atoms with van der Waals surface area (Å²) in [6.07, 6.45) is 0. The molecule has 262 valence electrons. The van der Waals surface area contributed by atoms with Crippen LogP contribution in [0.15, 0.2) is 224 Å². The van der Waals surface area contributed by atoms with Gasteiger partial charge in [-0.1, -0.05) is 182 Å². The van der Waals surface area contributed by atoms with Crippen LogP contribution in [0.1, 0.15) is 22.3 Å². The van der Waals surface area contributed by atoms with Crippen LogP contribution in [0.4, 0.5) is 17.1 Å². The molecule has 1 nitrogen and oxygen atoms in total. The lowest BCUT2D eigenvalue weighted by atomic mass is 9.67. The number of rotatable bonds is 6. The van der Waals surface area contributed by atoms with E-state index in [1.807, 2.05) is 0 Å². The first kappa shape index (κ1) is 32.2. The molecule has 0 N–H and O–H groups in total. The van der Waals surface area contributed by atoms with E-state index in [0.29, 0.717) is 0 Å². The number of benzene rings is 10. The summed E-state index contributed by atoms with van der Waals surface area (Å²) < 4.78 is 0. The SMILES string of the molecule is c1ccc(N(c2ccc(-c3ccc4c5ccccc5c5ccccc5c4c3)cc2)c2ccc3c(c2)C(c2ccccc2)(c2ccccc2)c2ccccc2-3)cc1. The summed E-state index contributed by atoms with van der Waals surface area (Å²) in [5.41, 5.74) is 13.0. The summed E-state index contributed by atoms with van der Waals surface area (Å²) in [4.78, 5) is 2.40. The summed E-state index contributed by atoms with van der Waals surface area (Å²) in [5, 5.41) is 7.75. The lowest BCUT2D eigenvalue weighted by Crippen LogP contribution is -2.28. The van der Waals surface area contributed by atoms with Crippen molar-refractivity contribution in [2.45, 2.75) is 5.41 Å². The van der Waals surface area contributed by atoms with Crippen molar-refractivity contribution in [3.8, 4) is 22.3 Å². The molecule has 10 aromatic carbocycles. The molecular formula is C55H37N. The molecule has 1 heteroatoms. The van der Waals surface area contributed by atoms with Gasteiger partial charge in [0.1, 0.15) is 0 Å². The zero-order valence-electron chi connectivity index (χ0n) is 30.8. The molecule has 56 heavy (non-hydrogen) atoms. The van der Waals surface area contributed by atoms with Crippen LogP contribution in [0.25, 0.3) is 54.6 Å². The van der Waals surface area contributed by atoms with E-state index in [2.05, 4.69) is 229 Å². The largest absolute Gasteiger partial charge is 0.310 e. The fourth-order valence-electron chi connectivity index (χ4n) is 9.49. The van der Waals surface area contributed by atoms with Gasteiger partial charge in [0, 0.05) is 17.1 Å². The number of hydrogen-bond acceptors (Lipinski definition) is 1. The Morgan fingerprint density at radius 2 is 0.714 bits per heavy atom. The lowest BCUT2D eigenvalue weighted by Gasteiger charge is -2.35. The molecule has 0 fully saturated rings. The topological polar surface area (TPSA) is 3.24 Å². The molecule has 0 saturated heterocycles. The second-order valence-electron chi connectivity index (χ2n) is 14.8. The first-order valence-electron chi connectivity index (χ1n) is 19.4. The van der Waals surface area contributed by atoms with E-state index in [0.717, 1.165) is 17.1 Å². The Bertz CT molecular complexity index is 2980. The maximum atomic E-state index is 2.44. The molecule has 0 heterocycles. The van der Waals surface area contributed by atoms with E-state index in [9.17, 15) is 0 Å². The highest BCUT2D eigenvalue weighted by molar-refractivity contribution is 6.25. The van der Waals surface area contributed by atoms with Gasteiger partial charge in [0.05, 0.1) is 5.41 Å². The summed E-state index contributed by atoms with van der Waals surface area (Å²) in [7, 11) is 0. The van der Waals surface area contributed by atoms with E-state index in [1.165, 1.54) is 76.8 Å². The standard InChI is InChI=1S/C55H37N/c1-4-16-40(17-5-1)55(41-18-6-2-7-19-41)53-27-15-14-26-50(53)51-35-33-44(37-54(51)55)56(42-20-8-3-9-21-42)43-31-28-38(29-32-43)39-30-34-49-47-24-11-10-22-45(47)46-23-12-13-25-48(46)52(49)36-39/h1-37H. The quantitative estimate of drug-likeness (QED) is 0.155. The third-order valence-electron chi connectivity index (χ3n) is 11.9. The van der Waals surface area contributed by atoms with Crippen LogP contribution in [0, 0.1) is 0 Å². The van der Waals surface area contributed by atoms with Crippen molar-refractivity contribution >= 4 is 49.4 Å². The molecule has 0 aromatic heterocycles. The second kappa shape index (κ2) is 13.0. The van der Waals surface area contributed by atoms with Crippen molar-refractivity contribution in [1.82, 2.24) is 0 Å². The molecule has 0 atom stereocenters. The molecule has 0 saturated carbocycles. The monoisotopic (exact) mass is 711 g/mol. The molecule has 0 bridgehead atoms. The molecule has 11 rings (SSSR count). The fourth-order valence-corrected chi connectivity index (χ4v) is 9.49. The lowest BCUT2D eigenvalue weighted by molar-refractivity contribution is 0.768. The van der Waals surface area contributed by atoms with Gasteiger partial charge >= 0.3 is 0 Å². The normalized spacial score (nSPS) is 12.8. The fraction of sp³-hybridized carbons (Fsp3) is 0.0182. The molecule has 10 aromatic rings. The highest BCUT2D eigenvalue weighted by atomic mass is 15.1. The summed E-state index contributed by atoms with van der Waals surface area (Å²) in [5.74, 6) is 0. The Kier molecular flexibility index (Phi) is 7.47. The Morgan fingerprint density at radius 3 is 1.34 bits per heavy atom. The number of fused-ring (bicyclic) bond motifs is 9. The predicted molar refractivity (Wildman–Crippen MR) is 236 cm³/mol. The maximum Gasteiger partial charge on any atom is 0.0714 e. The highest BCUT2D eigenvalue weighted by Gasteiger charge is 2.46. The zero-order valence-corrected chi connectivity index (χ0v) is 30.8. The summed E-state index contributed by atoms with van der Waals surface area (Å²) >= 11 is 0. The summed E-state index contributed by atoms with van der Waals surface area (Å²) in [6, 6.07) is 82.5. The van der Waals surface area contributed by atoms with Crippen molar-refractivity contribution in [3.63, 3.8) is 0 Å². The predicted octanol–water partition coefficient (Wildman–Crippen LogP) is 14.6. The van der Waals surface area contributed by atoms with E-state index >= 15 is 0 Å². The Labute approximate surface area is 327 Å². The van der Waals surface area contributed by atoms with Crippen LogP contribution >= 0.6 is 0 Å². The van der Waals surface area contributed by atoms with Crippen LogP contribution in [0.2, 0.25) is 0 Å². The molecule has 0 radical (unpaired) electrons. The molecule has 0 spiro atoms. The third kappa shape index (κ3) is 4.88. The minimum atomic E-state index is -0.470. The van der Waals surface area contributed by atoms with E-state index in [4.69, 9.17) is 0 Å². The Hall–Kier alpha value is -7.22. The van der Waals surface area contributed by atoms with Crippen molar-refractivity contribution < 1.29 is 0 Å². The molecule has 0 unspecified atom stereocenters. The zero-order chi connectivity index (χ0) is 37.1. The Morgan fingerprint density at radius 1 is 0.268 bits per heavy atom. The van der Waals surface area contributed by atoms with Gasteiger partial charge in [0.2, 0.25) is 0 Å². The van der Waals surface area contributed by atoms with Crippen LogP contribution < -0.4 is 4.90 Å². The average molecular weight is 712 g/mol. The van der Waals surface area contributed by atoms with Gasteiger partial charge in [0.25, 0.3) is 0 Å². The molecule has 0 amide bonds. The minimum absolute atomic E-state index is 0.470. The summed E-state index contributed by atoms with van der Waals surface area (Å²) in [6.45, 7) is 0. The number of anilines is 3. The smallest absolute Gasteiger partial charge is 0.0714 e. The number of hydrogen-bond donors (Lipinski definition) is 0. The number of para-hydroxylation sites is 1. The van der Waals surface area contributed by atoms with Crippen molar-refractivity contribution in [2.75, 3.05) is 4.90 Å². The van der Waals surface area contributed by atoms with Gasteiger partial charge in [0.15, 0.2) is 0 Å². The van der Waals surface area contributed by atoms with Crippen LogP contribution in [0.5, 0.6) is 0 Å². The molecular weight excluding hydrogens is 675 g/mol. The molecule has 1 aliphatic carbocycles.